The van der Waals surface area contributed by atoms with Gasteiger partial charge in [0.1, 0.15) is 0 Å². The number of hydrogen-bond donors (Lipinski definition) is 1. The summed E-state index contributed by atoms with van der Waals surface area (Å²) in [6.45, 7) is 4.86. The molecule has 2 aromatic rings. The molecule has 0 saturated heterocycles. The summed E-state index contributed by atoms with van der Waals surface area (Å²) in [5.74, 6) is 0.559. The lowest BCUT2D eigenvalue weighted by Crippen LogP contribution is -1.98. The van der Waals surface area contributed by atoms with Crippen LogP contribution < -0.4 is 5.73 Å². The van der Waals surface area contributed by atoms with Crippen molar-refractivity contribution >= 4 is 11.8 Å². The number of nitrogens with zero attached hydrogens (tertiary/aromatic N) is 2. The molecule has 3 nitrogen and oxygen atoms in total. The van der Waals surface area contributed by atoms with Gasteiger partial charge >= 0.3 is 0 Å². The van der Waals surface area contributed by atoms with Crippen LogP contribution in [0.15, 0.2) is 46.7 Å². The first-order chi connectivity index (χ1) is 8.69. The van der Waals surface area contributed by atoms with E-state index in [1.165, 1.54) is 5.56 Å². The van der Waals surface area contributed by atoms with E-state index in [0.29, 0.717) is 12.5 Å². The fourth-order valence-corrected chi connectivity index (χ4v) is 2.22. The molecule has 0 aliphatic rings. The predicted molar refractivity (Wildman–Crippen MR) is 74.6 cm³/mol. The molecule has 0 spiro atoms. The van der Waals surface area contributed by atoms with Gasteiger partial charge in [0, 0.05) is 29.4 Å². The van der Waals surface area contributed by atoms with E-state index in [-0.39, 0.29) is 0 Å². The summed E-state index contributed by atoms with van der Waals surface area (Å²) < 4.78 is 0. The highest BCUT2D eigenvalue weighted by molar-refractivity contribution is 7.99. The minimum absolute atomic E-state index is 0.480. The highest BCUT2D eigenvalue weighted by Gasteiger charge is 2.02. The maximum Gasteiger partial charge on any atom is 0.192 e. The van der Waals surface area contributed by atoms with Crippen molar-refractivity contribution in [2.45, 2.75) is 36.4 Å². The number of benzene rings is 1. The highest BCUT2D eigenvalue weighted by atomic mass is 32.2. The Morgan fingerprint density at radius 2 is 1.72 bits per heavy atom. The second kappa shape index (κ2) is 5.98. The molecule has 0 amide bonds. The van der Waals surface area contributed by atoms with E-state index in [9.17, 15) is 0 Å². The van der Waals surface area contributed by atoms with Crippen molar-refractivity contribution in [1.82, 2.24) is 9.97 Å². The average molecular weight is 259 g/mol. The molecule has 2 rings (SSSR count). The van der Waals surface area contributed by atoms with Crippen molar-refractivity contribution in [1.29, 1.82) is 0 Å². The number of aromatic nitrogens is 2. The Kier molecular flexibility index (Phi) is 4.33. The van der Waals surface area contributed by atoms with E-state index in [2.05, 4.69) is 48.1 Å². The highest BCUT2D eigenvalue weighted by Crippen LogP contribution is 2.26. The van der Waals surface area contributed by atoms with E-state index in [4.69, 9.17) is 5.73 Å². The second-order valence-electron chi connectivity index (χ2n) is 4.40. The Morgan fingerprint density at radius 3 is 2.22 bits per heavy atom. The summed E-state index contributed by atoms with van der Waals surface area (Å²) in [5, 5.41) is 0.754. The molecule has 18 heavy (non-hydrogen) atoms. The maximum absolute atomic E-state index is 5.51. The molecule has 0 fully saturated rings. The van der Waals surface area contributed by atoms with Crippen LogP contribution in [0.5, 0.6) is 0 Å². The van der Waals surface area contributed by atoms with Crippen LogP contribution in [0.2, 0.25) is 0 Å². The van der Waals surface area contributed by atoms with Gasteiger partial charge in [0.2, 0.25) is 0 Å². The van der Waals surface area contributed by atoms with Crippen molar-refractivity contribution < 1.29 is 0 Å². The van der Waals surface area contributed by atoms with Crippen LogP contribution in [0.25, 0.3) is 0 Å². The van der Waals surface area contributed by atoms with Crippen LogP contribution >= 0.6 is 11.8 Å². The molecule has 0 radical (unpaired) electrons. The summed E-state index contributed by atoms with van der Waals surface area (Å²) in [7, 11) is 0. The summed E-state index contributed by atoms with van der Waals surface area (Å²) in [6.07, 6.45) is 3.55. The van der Waals surface area contributed by atoms with E-state index in [0.717, 1.165) is 15.6 Å². The first kappa shape index (κ1) is 13.1. The molecule has 94 valence electrons. The van der Waals surface area contributed by atoms with Gasteiger partial charge in [0.15, 0.2) is 5.16 Å². The lowest BCUT2D eigenvalue weighted by Gasteiger charge is -2.06. The van der Waals surface area contributed by atoms with Gasteiger partial charge in [-0.15, -0.1) is 0 Å². The minimum atomic E-state index is 0.480. The van der Waals surface area contributed by atoms with Crippen LogP contribution in [0.3, 0.4) is 0 Å². The number of hydrogen-bond acceptors (Lipinski definition) is 4. The molecule has 1 aromatic carbocycles. The quantitative estimate of drug-likeness (QED) is 0.857. The lowest BCUT2D eigenvalue weighted by molar-refractivity contribution is 0.864. The Morgan fingerprint density at radius 1 is 1.11 bits per heavy atom. The van der Waals surface area contributed by atoms with Crippen LogP contribution in [-0.2, 0) is 6.54 Å². The fourth-order valence-electron chi connectivity index (χ4n) is 1.53. The molecular weight excluding hydrogens is 242 g/mol. The normalized spacial score (nSPS) is 10.9. The largest absolute Gasteiger partial charge is 0.326 e. The van der Waals surface area contributed by atoms with Crippen molar-refractivity contribution in [3.63, 3.8) is 0 Å². The standard InChI is InChI=1S/C14H17N3S/c1-10(2)12-3-5-13(6-4-12)18-14-16-8-11(7-15)9-17-14/h3-6,8-10H,7,15H2,1-2H3. The summed E-state index contributed by atoms with van der Waals surface area (Å²) in [6, 6.07) is 8.53. The van der Waals surface area contributed by atoms with Crippen molar-refractivity contribution in [2.75, 3.05) is 0 Å². The van der Waals surface area contributed by atoms with E-state index in [1.807, 2.05) is 0 Å². The summed E-state index contributed by atoms with van der Waals surface area (Å²) >= 11 is 1.56. The van der Waals surface area contributed by atoms with Crippen LogP contribution in [0.4, 0.5) is 0 Å². The fraction of sp³-hybridized carbons (Fsp3) is 0.286. The zero-order valence-electron chi connectivity index (χ0n) is 10.6. The van der Waals surface area contributed by atoms with Crippen molar-refractivity contribution in [3.05, 3.63) is 47.8 Å². The molecule has 0 atom stereocenters. The van der Waals surface area contributed by atoms with Crippen molar-refractivity contribution in [2.24, 2.45) is 5.73 Å². The van der Waals surface area contributed by atoms with Crippen molar-refractivity contribution in [3.8, 4) is 0 Å². The number of rotatable bonds is 4. The molecule has 1 aromatic heterocycles. The smallest absolute Gasteiger partial charge is 0.192 e. The van der Waals surface area contributed by atoms with Crippen LogP contribution in [-0.4, -0.2) is 9.97 Å². The Bertz CT molecular complexity index is 491. The molecular formula is C14H17N3S. The van der Waals surface area contributed by atoms with Crippen LogP contribution in [0.1, 0.15) is 30.9 Å². The summed E-state index contributed by atoms with van der Waals surface area (Å²) in [4.78, 5) is 9.70. The second-order valence-corrected chi connectivity index (χ2v) is 5.44. The molecule has 0 aliphatic heterocycles. The molecule has 0 saturated carbocycles. The molecule has 0 unspecified atom stereocenters. The van der Waals surface area contributed by atoms with Gasteiger partial charge in [-0.05, 0) is 35.4 Å². The zero-order valence-corrected chi connectivity index (χ0v) is 11.4. The Labute approximate surface area is 112 Å². The minimum Gasteiger partial charge on any atom is -0.326 e. The molecule has 0 aliphatic carbocycles. The monoisotopic (exact) mass is 259 g/mol. The van der Waals surface area contributed by atoms with Gasteiger partial charge in [0.25, 0.3) is 0 Å². The van der Waals surface area contributed by atoms with Gasteiger partial charge in [-0.25, -0.2) is 9.97 Å². The van der Waals surface area contributed by atoms with Gasteiger partial charge in [-0.3, -0.25) is 0 Å². The Balaban J connectivity index is 2.08. The molecule has 1 heterocycles. The third kappa shape index (κ3) is 3.31. The maximum atomic E-state index is 5.51. The van der Waals surface area contributed by atoms with Gasteiger partial charge in [-0.2, -0.15) is 0 Å². The zero-order chi connectivity index (χ0) is 13.0. The predicted octanol–water partition coefficient (Wildman–Crippen LogP) is 3.21. The van der Waals surface area contributed by atoms with E-state index < -0.39 is 0 Å². The lowest BCUT2D eigenvalue weighted by atomic mass is 10.0. The first-order valence-corrected chi connectivity index (χ1v) is 6.79. The van der Waals surface area contributed by atoms with Gasteiger partial charge < -0.3 is 5.73 Å². The molecule has 4 heteroatoms. The van der Waals surface area contributed by atoms with Gasteiger partial charge in [-0.1, -0.05) is 26.0 Å². The Hall–Kier alpha value is -1.39. The SMILES string of the molecule is CC(C)c1ccc(Sc2ncc(CN)cn2)cc1. The van der Waals surface area contributed by atoms with Crippen LogP contribution in [0, 0.1) is 0 Å². The topological polar surface area (TPSA) is 51.8 Å². The molecule has 0 bridgehead atoms. The first-order valence-electron chi connectivity index (χ1n) is 5.98. The average Bonchev–Trinajstić information content (AvgIpc) is 2.40. The van der Waals surface area contributed by atoms with Gasteiger partial charge in [0.05, 0.1) is 0 Å². The third-order valence-corrected chi connectivity index (χ3v) is 3.57. The third-order valence-electron chi connectivity index (χ3n) is 2.67. The van der Waals surface area contributed by atoms with E-state index in [1.54, 1.807) is 24.2 Å². The molecule has 2 N–H and O–H groups in total. The number of nitrogens with two attached hydrogens (primary N) is 1. The van der Waals surface area contributed by atoms with E-state index >= 15 is 0 Å². The summed E-state index contributed by atoms with van der Waals surface area (Å²) in [5.41, 5.74) is 7.81.